The lowest BCUT2D eigenvalue weighted by Crippen LogP contribution is -2.28. The van der Waals surface area contributed by atoms with Gasteiger partial charge in [0.1, 0.15) is 18.1 Å². The Morgan fingerprint density at radius 3 is 2.96 bits per heavy atom. The molecule has 0 spiro atoms. The molecule has 1 amide bonds. The van der Waals surface area contributed by atoms with Crippen molar-refractivity contribution in [2.45, 2.75) is 6.92 Å². The number of para-hydroxylation sites is 1. The van der Waals surface area contributed by atoms with Gasteiger partial charge < -0.3 is 19.7 Å². The second-order valence-electron chi connectivity index (χ2n) is 5.55. The largest absolute Gasteiger partial charge is 0.489 e. The third-order valence-corrected chi connectivity index (χ3v) is 3.79. The van der Waals surface area contributed by atoms with Crippen LogP contribution in [0.3, 0.4) is 0 Å². The average molecular weight is 312 g/mol. The quantitative estimate of drug-likeness (QED) is 0.943. The van der Waals surface area contributed by atoms with Gasteiger partial charge in [-0.2, -0.15) is 0 Å². The smallest absolute Gasteiger partial charge is 0.262 e. The van der Waals surface area contributed by atoms with Gasteiger partial charge in [-0.1, -0.05) is 18.2 Å². The summed E-state index contributed by atoms with van der Waals surface area (Å²) in [6.45, 7) is 3.44. The number of benzene rings is 2. The minimum Gasteiger partial charge on any atom is -0.489 e. The monoisotopic (exact) mass is 312 g/mol. The molecule has 120 valence electrons. The molecule has 1 heterocycles. The van der Waals surface area contributed by atoms with E-state index in [2.05, 4.69) is 10.2 Å². The normalized spacial score (nSPS) is 13.0. The van der Waals surface area contributed by atoms with E-state index in [0.717, 1.165) is 29.3 Å². The second kappa shape index (κ2) is 6.60. The summed E-state index contributed by atoms with van der Waals surface area (Å²) < 4.78 is 11.2. The fourth-order valence-corrected chi connectivity index (χ4v) is 2.49. The molecule has 0 atom stereocenters. The molecule has 0 unspecified atom stereocenters. The van der Waals surface area contributed by atoms with Crippen LogP contribution in [0.25, 0.3) is 0 Å². The number of likely N-dealkylation sites (N-methyl/N-ethyl adjacent to an activating group) is 1. The van der Waals surface area contributed by atoms with Gasteiger partial charge >= 0.3 is 0 Å². The van der Waals surface area contributed by atoms with Gasteiger partial charge in [-0.3, -0.25) is 4.79 Å². The summed E-state index contributed by atoms with van der Waals surface area (Å²) in [5, 5.41) is 2.83. The highest BCUT2D eigenvalue weighted by molar-refractivity contribution is 5.92. The van der Waals surface area contributed by atoms with Crippen molar-refractivity contribution in [1.82, 2.24) is 0 Å². The van der Waals surface area contributed by atoms with Crippen molar-refractivity contribution in [3.05, 3.63) is 48.0 Å². The Morgan fingerprint density at radius 1 is 1.30 bits per heavy atom. The van der Waals surface area contributed by atoms with Crippen LogP contribution < -0.4 is 19.7 Å². The number of anilines is 2. The lowest BCUT2D eigenvalue weighted by Gasteiger charge is -2.27. The first-order valence-corrected chi connectivity index (χ1v) is 7.60. The van der Waals surface area contributed by atoms with Gasteiger partial charge in [-0.25, -0.2) is 0 Å². The van der Waals surface area contributed by atoms with Crippen LogP contribution >= 0.6 is 0 Å². The number of hydrogen-bond acceptors (Lipinski definition) is 4. The Labute approximate surface area is 135 Å². The highest BCUT2D eigenvalue weighted by Gasteiger charge is 2.15. The zero-order valence-electron chi connectivity index (χ0n) is 13.3. The third kappa shape index (κ3) is 3.56. The molecule has 3 rings (SSSR count). The lowest BCUT2D eigenvalue weighted by atomic mass is 10.2. The van der Waals surface area contributed by atoms with E-state index in [1.165, 1.54) is 0 Å². The van der Waals surface area contributed by atoms with Crippen molar-refractivity contribution in [3.8, 4) is 11.5 Å². The molecule has 2 aromatic rings. The minimum atomic E-state index is -0.197. The van der Waals surface area contributed by atoms with E-state index in [4.69, 9.17) is 9.47 Å². The van der Waals surface area contributed by atoms with Gasteiger partial charge in [0, 0.05) is 18.8 Å². The van der Waals surface area contributed by atoms with Gasteiger partial charge in [0.2, 0.25) is 0 Å². The topological polar surface area (TPSA) is 50.8 Å². The summed E-state index contributed by atoms with van der Waals surface area (Å²) in [5.41, 5.74) is 2.74. The molecule has 1 aliphatic rings. The number of hydrogen-bond donors (Lipinski definition) is 1. The highest BCUT2D eigenvalue weighted by Crippen LogP contribution is 2.33. The number of fused-ring (bicyclic) bond motifs is 1. The summed E-state index contributed by atoms with van der Waals surface area (Å²) in [6, 6.07) is 13.3. The zero-order chi connectivity index (χ0) is 16.2. The van der Waals surface area contributed by atoms with Crippen molar-refractivity contribution < 1.29 is 14.3 Å². The first-order valence-electron chi connectivity index (χ1n) is 7.60. The molecular formula is C18H20N2O3. The van der Waals surface area contributed by atoms with Gasteiger partial charge in [-0.05, 0) is 30.7 Å². The molecule has 0 saturated heterocycles. The van der Waals surface area contributed by atoms with E-state index >= 15 is 0 Å². The van der Waals surface area contributed by atoms with Crippen molar-refractivity contribution in [3.63, 3.8) is 0 Å². The summed E-state index contributed by atoms with van der Waals surface area (Å²) in [4.78, 5) is 14.2. The van der Waals surface area contributed by atoms with Crippen LogP contribution in [0.2, 0.25) is 0 Å². The van der Waals surface area contributed by atoms with E-state index in [9.17, 15) is 4.79 Å². The SMILES string of the molecule is Cc1ccccc1OCC(=O)Nc1ccc2c(c1)OCCN2C. The molecule has 0 saturated carbocycles. The number of carbonyl (C=O) groups is 1. The molecule has 1 aliphatic heterocycles. The van der Waals surface area contributed by atoms with E-state index in [0.29, 0.717) is 12.3 Å². The van der Waals surface area contributed by atoms with E-state index in [-0.39, 0.29) is 12.5 Å². The first-order chi connectivity index (χ1) is 11.1. The summed E-state index contributed by atoms with van der Waals surface area (Å²) in [6.07, 6.45) is 0. The average Bonchev–Trinajstić information content (AvgIpc) is 2.54. The number of nitrogens with one attached hydrogen (secondary N) is 1. The predicted molar refractivity (Wildman–Crippen MR) is 90.5 cm³/mol. The van der Waals surface area contributed by atoms with E-state index < -0.39 is 0 Å². The van der Waals surface area contributed by atoms with Crippen molar-refractivity contribution in [2.24, 2.45) is 0 Å². The standard InChI is InChI=1S/C18H20N2O3/c1-13-5-3-4-6-16(13)23-12-18(21)19-14-7-8-15-17(11-14)22-10-9-20(15)2/h3-8,11H,9-10,12H2,1-2H3,(H,19,21). The number of nitrogens with zero attached hydrogens (tertiary/aromatic N) is 1. The molecule has 0 radical (unpaired) electrons. The molecule has 0 bridgehead atoms. The molecular weight excluding hydrogens is 292 g/mol. The number of rotatable bonds is 4. The fraction of sp³-hybridized carbons (Fsp3) is 0.278. The maximum absolute atomic E-state index is 12.0. The van der Waals surface area contributed by atoms with Crippen molar-refractivity contribution in [2.75, 3.05) is 37.0 Å². The van der Waals surface area contributed by atoms with Crippen LogP contribution in [0.5, 0.6) is 11.5 Å². The Morgan fingerprint density at radius 2 is 2.13 bits per heavy atom. The highest BCUT2D eigenvalue weighted by atomic mass is 16.5. The molecule has 0 aliphatic carbocycles. The predicted octanol–water partition coefficient (Wildman–Crippen LogP) is 2.84. The number of ether oxygens (including phenoxy) is 2. The van der Waals surface area contributed by atoms with Crippen LogP contribution in [0, 0.1) is 6.92 Å². The van der Waals surface area contributed by atoms with Crippen LogP contribution in [0.4, 0.5) is 11.4 Å². The van der Waals surface area contributed by atoms with Crippen LogP contribution in [0.15, 0.2) is 42.5 Å². The van der Waals surface area contributed by atoms with Gasteiger partial charge in [0.15, 0.2) is 6.61 Å². The Kier molecular flexibility index (Phi) is 4.37. The van der Waals surface area contributed by atoms with Gasteiger partial charge in [0.05, 0.1) is 12.2 Å². The lowest BCUT2D eigenvalue weighted by molar-refractivity contribution is -0.118. The van der Waals surface area contributed by atoms with Gasteiger partial charge in [-0.15, -0.1) is 0 Å². The fourth-order valence-electron chi connectivity index (χ4n) is 2.49. The number of carbonyl (C=O) groups excluding carboxylic acids is 1. The molecule has 1 N–H and O–H groups in total. The maximum atomic E-state index is 12.0. The van der Waals surface area contributed by atoms with Gasteiger partial charge in [0.25, 0.3) is 5.91 Å². The Bertz CT molecular complexity index is 715. The molecule has 23 heavy (non-hydrogen) atoms. The van der Waals surface area contributed by atoms with Crippen LogP contribution in [0.1, 0.15) is 5.56 Å². The molecule has 5 heteroatoms. The van der Waals surface area contributed by atoms with E-state index in [1.807, 2.05) is 56.4 Å². The van der Waals surface area contributed by atoms with Crippen LogP contribution in [-0.4, -0.2) is 32.7 Å². The third-order valence-electron chi connectivity index (χ3n) is 3.79. The number of amides is 1. The van der Waals surface area contributed by atoms with Crippen molar-refractivity contribution >= 4 is 17.3 Å². The molecule has 0 aromatic heterocycles. The Balaban J connectivity index is 1.61. The summed E-state index contributed by atoms with van der Waals surface area (Å²) in [5.74, 6) is 1.31. The van der Waals surface area contributed by atoms with E-state index in [1.54, 1.807) is 0 Å². The van der Waals surface area contributed by atoms with Crippen LogP contribution in [-0.2, 0) is 4.79 Å². The first kappa shape index (κ1) is 15.2. The second-order valence-corrected chi connectivity index (χ2v) is 5.55. The van der Waals surface area contributed by atoms with Crippen molar-refractivity contribution in [1.29, 1.82) is 0 Å². The maximum Gasteiger partial charge on any atom is 0.262 e. The summed E-state index contributed by atoms with van der Waals surface area (Å²) >= 11 is 0. The Hall–Kier alpha value is -2.69. The summed E-state index contributed by atoms with van der Waals surface area (Å²) in [7, 11) is 2.02. The minimum absolute atomic E-state index is 0.0251. The molecule has 0 fully saturated rings. The zero-order valence-corrected chi connectivity index (χ0v) is 13.3. The molecule has 5 nitrogen and oxygen atoms in total. The number of aryl methyl sites for hydroxylation is 1. The molecule has 2 aromatic carbocycles.